The van der Waals surface area contributed by atoms with E-state index in [0.29, 0.717) is 5.69 Å². The molecule has 0 amide bonds. The molecule has 4 N–H and O–H groups in total. The molecule has 2 aromatic rings. The summed E-state index contributed by atoms with van der Waals surface area (Å²) in [5, 5.41) is 11.8. The van der Waals surface area contributed by atoms with E-state index in [0.717, 1.165) is 18.2 Å². The lowest BCUT2D eigenvalue weighted by molar-refractivity contribution is 0.0698. The smallest absolute Gasteiger partial charge is 0.337 e. The van der Waals surface area contributed by atoms with E-state index in [-0.39, 0.29) is 23.4 Å². The van der Waals surface area contributed by atoms with Gasteiger partial charge >= 0.3 is 5.97 Å². The van der Waals surface area contributed by atoms with E-state index < -0.39 is 17.6 Å². The van der Waals surface area contributed by atoms with Gasteiger partial charge in [-0.3, -0.25) is 0 Å². The summed E-state index contributed by atoms with van der Waals surface area (Å²) < 4.78 is 26.5. The average molecular weight is 278 g/mol. The van der Waals surface area contributed by atoms with E-state index in [1.807, 2.05) is 0 Å². The van der Waals surface area contributed by atoms with Gasteiger partial charge in [0.05, 0.1) is 11.3 Å². The molecule has 0 aromatic heterocycles. The molecule has 0 unspecified atom stereocenters. The van der Waals surface area contributed by atoms with Gasteiger partial charge in [0.1, 0.15) is 11.6 Å². The Morgan fingerprint density at radius 3 is 2.65 bits per heavy atom. The Balaban J connectivity index is 2.24. The topological polar surface area (TPSA) is 75.4 Å². The zero-order chi connectivity index (χ0) is 14.7. The van der Waals surface area contributed by atoms with Crippen LogP contribution in [0.15, 0.2) is 36.4 Å². The lowest BCUT2D eigenvalue weighted by Crippen LogP contribution is -2.08. The van der Waals surface area contributed by atoms with Crippen molar-refractivity contribution in [2.75, 3.05) is 11.1 Å². The summed E-state index contributed by atoms with van der Waals surface area (Å²) in [6, 6.07) is 7.32. The summed E-state index contributed by atoms with van der Waals surface area (Å²) in [5.41, 5.74) is 6.32. The van der Waals surface area contributed by atoms with E-state index in [4.69, 9.17) is 10.8 Å². The third-order valence-corrected chi connectivity index (χ3v) is 2.75. The molecule has 2 aromatic carbocycles. The highest BCUT2D eigenvalue weighted by molar-refractivity contribution is 5.95. The number of carboxylic acids is 1. The molecule has 2 rings (SSSR count). The molecule has 0 radical (unpaired) electrons. The van der Waals surface area contributed by atoms with Gasteiger partial charge in [-0.15, -0.1) is 0 Å². The number of halogens is 2. The van der Waals surface area contributed by atoms with Crippen LogP contribution in [0.25, 0.3) is 0 Å². The largest absolute Gasteiger partial charge is 0.478 e. The molecule has 0 aliphatic heterocycles. The minimum absolute atomic E-state index is 0.0102. The molecular weight excluding hydrogens is 266 g/mol. The van der Waals surface area contributed by atoms with Crippen molar-refractivity contribution in [1.82, 2.24) is 0 Å². The van der Waals surface area contributed by atoms with Gasteiger partial charge < -0.3 is 16.2 Å². The van der Waals surface area contributed by atoms with Crippen molar-refractivity contribution in [3.05, 3.63) is 59.2 Å². The summed E-state index contributed by atoms with van der Waals surface area (Å²) in [7, 11) is 0. The normalized spacial score (nSPS) is 10.3. The fourth-order valence-electron chi connectivity index (χ4n) is 1.76. The Morgan fingerprint density at radius 1 is 1.20 bits per heavy atom. The predicted octanol–water partition coefficient (Wildman–Crippen LogP) is 2.86. The molecule has 4 nitrogen and oxygen atoms in total. The van der Waals surface area contributed by atoms with Crippen LogP contribution < -0.4 is 11.1 Å². The molecule has 0 aliphatic rings. The number of aromatic carboxylic acids is 1. The highest BCUT2D eigenvalue weighted by atomic mass is 19.1. The maximum atomic E-state index is 13.5. The van der Waals surface area contributed by atoms with Crippen LogP contribution in [0.2, 0.25) is 0 Å². The second-order valence-electron chi connectivity index (χ2n) is 4.20. The fraction of sp³-hybridized carbons (Fsp3) is 0.0714. The molecule has 0 spiro atoms. The van der Waals surface area contributed by atoms with Crippen molar-refractivity contribution in [2.24, 2.45) is 0 Å². The second-order valence-corrected chi connectivity index (χ2v) is 4.20. The number of nitrogens with one attached hydrogen (secondary N) is 1. The SMILES string of the molecule is Nc1ccc(C(=O)O)c(NCc2cc(F)ccc2F)c1. The van der Waals surface area contributed by atoms with E-state index in [9.17, 15) is 13.6 Å². The first-order chi connectivity index (χ1) is 9.47. The number of hydrogen-bond acceptors (Lipinski definition) is 3. The monoisotopic (exact) mass is 278 g/mol. The Bertz CT molecular complexity index is 660. The summed E-state index contributed by atoms with van der Waals surface area (Å²) in [6.07, 6.45) is 0. The van der Waals surface area contributed by atoms with E-state index in [2.05, 4.69) is 5.32 Å². The molecule has 0 heterocycles. The van der Waals surface area contributed by atoms with Crippen LogP contribution in [-0.4, -0.2) is 11.1 Å². The van der Waals surface area contributed by atoms with Gasteiger partial charge in [0.15, 0.2) is 0 Å². The predicted molar refractivity (Wildman–Crippen MR) is 71.5 cm³/mol. The van der Waals surface area contributed by atoms with Crippen LogP contribution in [0.1, 0.15) is 15.9 Å². The van der Waals surface area contributed by atoms with Gasteiger partial charge in [0.2, 0.25) is 0 Å². The fourth-order valence-corrected chi connectivity index (χ4v) is 1.76. The lowest BCUT2D eigenvalue weighted by Gasteiger charge is -2.11. The summed E-state index contributed by atoms with van der Waals surface area (Å²) in [5.74, 6) is -2.26. The van der Waals surface area contributed by atoms with Gasteiger partial charge in [0.25, 0.3) is 0 Å². The highest BCUT2D eigenvalue weighted by Crippen LogP contribution is 2.21. The van der Waals surface area contributed by atoms with E-state index in [1.54, 1.807) is 0 Å². The molecule has 20 heavy (non-hydrogen) atoms. The highest BCUT2D eigenvalue weighted by Gasteiger charge is 2.11. The van der Waals surface area contributed by atoms with Gasteiger partial charge in [0, 0.05) is 17.8 Å². The van der Waals surface area contributed by atoms with Crippen molar-refractivity contribution >= 4 is 17.3 Å². The quantitative estimate of drug-likeness (QED) is 0.752. The maximum Gasteiger partial charge on any atom is 0.337 e. The number of benzene rings is 2. The van der Waals surface area contributed by atoms with Crippen LogP contribution in [0, 0.1) is 11.6 Å². The Labute approximate surface area is 113 Å². The number of anilines is 2. The third kappa shape index (κ3) is 3.03. The first kappa shape index (κ1) is 13.8. The Hall–Kier alpha value is -2.63. The average Bonchev–Trinajstić information content (AvgIpc) is 2.39. The van der Waals surface area contributed by atoms with Crippen LogP contribution in [0.3, 0.4) is 0 Å². The first-order valence-electron chi connectivity index (χ1n) is 5.78. The van der Waals surface area contributed by atoms with Gasteiger partial charge in [-0.25, -0.2) is 13.6 Å². The van der Waals surface area contributed by atoms with Crippen molar-refractivity contribution in [2.45, 2.75) is 6.54 Å². The minimum Gasteiger partial charge on any atom is -0.478 e. The standard InChI is InChI=1S/C14H12F2N2O2/c15-9-1-4-12(16)8(5-9)7-18-13-6-10(17)2-3-11(13)14(19)20/h1-6,18H,7,17H2,(H,19,20). The van der Waals surface area contributed by atoms with Gasteiger partial charge in [-0.2, -0.15) is 0 Å². The van der Waals surface area contributed by atoms with E-state index >= 15 is 0 Å². The number of nitrogens with two attached hydrogens (primary N) is 1. The molecular formula is C14H12F2N2O2. The maximum absolute atomic E-state index is 13.5. The molecule has 0 saturated heterocycles. The van der Waals surface area contributed by atoms with Crippen LogP contribution in [-0.2, 0) is 6.54 Å². The lowest BCUT2D eigenvalue weighted by atomic mass is 10.1. The zero-order valence-corrected chi connectivity index (χ0v) is 10.4. The van der Waals surface area contributed by atoms with Crippen molar-refractivity contribution < 1.29 is 18.7 Å². The number of carboxylic acid groups (broad SMARTS) is 1. The van der Waals surface area contributed by atoms with Crippen molar-refractivity contribution in [3.63, 3.8) is 0 Å². The third-order valence-electron chi connectivity index (χ3n) is 2.75. The van der Waals surface area contributed by atoms with Gasteiger partial charge in [-0.1, -0.05) is 0 Å². The minimum atomic E-state index is -1.13. The summed E-state index contributed by atoms with van der Waals surface area (Å²) >= 11 is 0. The molecule has 0 aliphatic carbocycles. The second kappa shape index (κ2) is 5.56. The number of hydrogen-bond donors (Lipinski definition) is 3. The van der Waals surface area contributed by atoms with Crippen LogP contribution in [0.5, 0.6) is 0 Å². The molecule has 0 bridgehead atoms. The molecule has 104 valence electrons. The van der Waals surface area contributed by atoms with E-state index in [1.165, 1.54) is 18.2 Å². The number of rotatable bonds is 4. The summed E-state index contributed by atoms with van der Waals surface area (Å²) in [4.78, 5) is 11.1. The van der Waals surface area contributed by atoms with Gasteiger partial charge in [-0.05, 0) is 36.4 Å². The van der Waals surface area contributed by atoms with Crippen molar-refractivity contribution in [3.8, 4) is 0 Å². The Morgan fingerprint density at radius 2 is 1.95 bits per heavy atom. The van der Waals surface area contributed by atoms with Crippen LogP contribution >= 0.6 is 0 Å². The number of carbonyl (C=O) groups is 1. The zero-order valence-electron chi connectivity index (χ0n) is 10.4. The molecule has 0 saturated carbocycles. The Kier molecular flexibility index (Phi) is 3.84. The number of nitrogen functional groups attached to an aromatic ring is 1. The van der Waals surface area contributed by atoms with Crippen LogP contribution in [0.4, 0.5) is 20.2 Å². The molecule has 6 heteroatoms. The molecule has 0 atom stereocenters. The summed E-state index contributed by atoms with van der Waals surface area (Å²) in [6.45, 7) is -0.0483. The molecule has 0 fully saturated rings. The van der Waals surface area contributed by atoms with Crippen molar-refractivity contribution in [1.29, 1.82) is 0 Å². The first-order valence-corrected chi connectivity index (χ1v) is 5.78.